The SMILES string of the molecule is COc1ccc2c(C)cc(SCc3nc4scc(-c5cccs5)c4c(=O)[nH]3)nc2c1. The quantitative estimate of drug-likeness (QED) is 0.339. The Balaban J connectivity index is 1.44. The van der Waals surface area contributed by atoms with E-state index in [-0.39, 0.29) is 5.56 Å². The fraction of sp³-hybridized carbons (Fsp3) is 0.136. The first-order valence-electron chi connectivity index (χ1n) is 9.25. The molecule has 5 aromatic rings. The van der Waals surface area contributed by atoms with Crippen molar-refractivity contribution < 1.29 is 4.74 Å². The smallest absolute Gasteiger partial charge is 0.260 e. The number of hydrogen-bond donors (Lipinski definition) is 1. The predicted octanol–water partition coefficient (Wildman–Crippen LogP) is 5.87. The molecule has 0 atom stereocenters. The third-order valence-electron chi connectivity index (χ3n) is 4.84. The van der Waals surface area contributed by atoms with E-state index in [9.17, 15) is 4.79 Å². The van der Waals surface area contributed by atoms with Gasteiger partial charge in [0.1, 0.15) is 16.4 Å². The molecule has 0 amide bonds. The topological polar surface area (TPSA) is 67.9 Å². The van der Waals surface area contributed by atoms with Gasteiger partial charge in [-0.15, -0.1) is 22.7 Å². The van der Waals surface area contributed by atoms with Crippen LogP contribution in [0.5, 0.6) is 5.75 Å². The van der Waals surface area contributed by atoms with E-state index in [1.807, 2.05) is 41.1 Å². The average Bonchev–Trinajstić information content (AvgIpc) is 3.41. The zero-order valence-corrected chi connectivity index (χ0v) is 18.7. The molecular formula is C22H17N3O2S3. The minimum absolute atomic E-state index is 0.0902. The van der Waals surface area contributed by atoms with Crippen LogP contribution in [0, 0.1) is 6.92 Å². The van der Waals surface area contributed by atoms with E-state index < -0.39 is 0 Å². The summed E-state index contributed by atoms with van der Waals surface area (Å²) in [5.41, 5.74) is 2.92. The summed E-state index contributed by atoms with van der Waals surface area (Å²) in [7, 11) is 1.65. The molecule has 150 valence electrons. The van der Waals surface area contributed by atoms with Crippen LogP contribution in [0.3, 0.4) is 0 Å². The highest BCUT2D eigenvalue weighted by Gasteiger charge is 2.14. The van der Waals surface area contributed by atoms with Crippen molar-refractivity contribution in [3.63, 3.8) is 0 Å². The number of aromatic amines is 1. The summed E-state index contributed by atoms with van der Waals surface area (Å²) in [5, 5.41) is 6.69. The van der Waals surface area contributed by atoms with Gasteiger partial charge in [-0.1, -0.05) is 17.8 Å². The van der Waals surface area contributed by atoms with Crippen LogP contribution in [0.2, 0.25) is 0 Å². The van der Waals surface area contributed by atoms with Crippen LogP contribution >= 0.6 is 34.4 Å². The van der Waals surface area contributed by atoms with Crippen LogP contribution in [0.25, 0.3) is 31.6 Å². The maximum atomic E-state index is 12.8. The average molecular weight is 452 g/mol. The standard InChI is InChI=1S/C22H17N3O2S3/c1-12-8-19(23-16-9-13(27-2)5-6-14(12)16)29-11-18-24-21(26)20-15(10-30-22(20)25-18)17-4-3-7-28-17/h3-10H,11H2,1-2H3,(H,24,25,26). The molecule has 8 heteroatoms. The van der Waals surface area contributed by atoms with Crippen molar-refractivity contribution in [1.82, 2.24) is 15.0 Å². The van der Waals surface area contributed by atoms with E-state index >= 15 is 0 Å². The van der Waals surface area contributed by atoms with Gasteiger partial charge in [0, 0.05) is 27.3 Å². The minimum Gasteiger partial charge on any atom is -0.497 e. The molecule has 0 aliphatic carbocycles. The van der Waals surface area contributed by atoms with Gasteiger partial charge in [-0.2, -0.15) is 0 Å². The van der Waals surface area contributed by atoms with Gasteiger partial charge in [-0.3, -0.25) is 4.79 Å². The Morgan fingerprint density at radius 2 is 2.07 bits per heavy atom. The highest BCUT2D eigenvalue weighted by Crippen LogP contribution is 2.34. The Hall–Kier alpha value is -2.68. The highest BCUT2D eigenvalue weighted by molar-refractivity contribution is 7.98. The van der Waals surface area contributed by atoms with Gasteiger partial charge in [0.25, 0.3) is 5.56 Å². The fourth-order valence-corrected chi connectivity index (χ4v) is 6.00. The van der Waals surface area contributed by atoms with E-state index in [4.69, 9.17) is 14.7 Å². The normalized spacial score (nSPS) is 11.4. The summed E-state index contributed by atoms with van der Waals surface area (Å²) in [6, 6.07) is 12.0. The Morgan fingerprint density at radius 1 is 1.17 bits per heavy atom. The number of pyridine rings is 1. The van der Waals surface area contributed by atoms with Gasteiger partial charge in [0.2, 0.25) is 0 Å². The van der Waals surface area contributed by atoms with Crippen molar-refractivity contribution in [3.05, 3.63) is 68.9 Å². The van der Waals surface area contributed by atoms with E-state index in [2.05, 4.69) is 18.0 Å². The van der Waals surface area contributed by atoms with Crippen LogP contribution in [0.15, 0.2) is 57.0 Å². The number of nitrogens with zero attached hydrogens (tertiary/aromatic N) is 2. The fourth-order valence-electron chi connectivity index (χ4n) is 3.37. The van der Waals surface area contributed by atoms with Crippen LogP contribution in [0.4, 0.5) is 0 Å². The van der Waals surface area contributed by atoms with Gasteiger partial charge >= 0.3 is 0 Å². The lowest BCUT2D eigenvalue weighted by atomic mass is 10.1. The van der Waals surface area contributed by atoms with E-state index in [1.54, 1.807) is 30.2 Å². The first-order valence-corrected chi connectivity index (χ1v) is 12.0. The van der Waals surface area contributed by atoms with Crippen molar-refractivity contribution in [1.29, 1.82) is 0 Å². The molecule has 1 N–H and O–H groups in total. The number of aryl methyl sites for hydroxylation is 1. The molecule has 0 fully saturated rings. The lowest BCUT2D eigenvalue weighted by Gasteiger charge is -2.08. The molecule has 1 aromatic carbocycles. The molecule has 0 aliphatic heterocycles. The summed E-state index contributed by atoms with van der Waals surface area (Å²) in [5.74, 6) is 1.98. The predicted molar refractivity (Wildman–Crippen MR) is 126 cm³/mol. The first-order chi connectivity index (χ1) is 14.6. The Morgan fingerprint density at radius 3 is 2.87 bits per heavy atom. The van der Waals surface area contributed by atoms with Crippen LogP contribution in [-0.4, -0.2) is 22.1 Å². The largest absolute Gasteiger partial charge is 0.497 e. The van der Waals surface area contributed by atoms with Gasteiger partial charge < -0.3 is 9.72 Å². The van der Waals surface area contributed by atoms with Crippen molar-refractivity contribution in [2.45, 2.75) is 17.7 Å². The van der Waals surface area contributed by atoms with E-state index in [0.717, 1.165) is 42.5 Å². The molecule has 30 heavy (non-hydrogen) atoms. The molecule has 0 saturated heterocycles. The number of benzene rings is 1. The van der Waals surface area contributed by atoms with Crippen molar-refractivity contribution in [3.8, 4) is 16.2 Å². The number of rotatable bonds is 5. The third-order valence-corrected chi connectivity index (χ3v) is 7.53. The van der Waals surface area contributed by atoms with Crippen molar-refractivity contribution >= 4 is 55.6 Å². The molecule has 4 heterocycles. The number of ether oxygens (including phenoxy) is 1. The molecule has 4 aromatic heterocycles. The summed E-state index contributed by atoms with van der Waals surface area (Å²) in [4.78, 5) is 27.0. The zero-order chi connectivity index (χ0) is 20.7. The summed E-state index contributed by atoms with van der Waals surface area (Å²) < 4.78 is 5.32. The number of methoxy groups -OCH3 is 1. The number of thioether (sulfide) groups is 1. The summed E-state index contributed by atoms with van der Waals surface area (Å²) >= 11 is 4.69. The van der Waals surface area contributed by atoms with Crippen LogP contribution in [-0.2, 0) is 5.75 Å². The lowest BCUT2D eigenvalue weighted by molar-refractivity contribution is 0.415. The van der Waals surface area contributed by atoms with Gasteiger partial charge in [0.15, 0.2) is 0 Å². The number of H-pyrrole nitrogens is 1. The van der Waals surface area contributed by atoms with Crippen LogP contribution in [0.1, 0.15) is 11.4 Å². The molecule has 5 rings (SSSR count). The molecule has 0 spiro atoms. The third kappa shape index (κ3) is 3.51. The minimum atomic E-state index is -0.0902. The number of aromatic nitrogens is 3. The van der Waals surface area contributed by atoms with Crippen molar-refractivity contribution in [2.24, 2.45) is 0 Å². The van der Waals surface area contributed by atoms with E-state index in [0.29, 0.717) is 17.0 Å². The van der Waals surface area contributed by atoms with E-state index in [1.165, 1.54) is 11.3 Å². The number of nitrogens with one attached hydrogen (secondary N) is 1. The van der Waals surface area contributed by atoms with Crippen LogP contribution < -0.4 is 10.3 Å². The molecular weight excluding hydrogens is 434 g/mol. The Labute approximate surface area is 184 Å². The summed E-state index contributed by atoms with van der Waals surface area (Å²) in [6.45, 7) is 2.07. The molecule has 0 saturated carbocycles. The number of fused-ring (bicyclic) bond motifs is 2. The number of hydrogen-bond acceptors (Lipinski definition) is 7. The van der Waals surface area contributed by atoms with Crippen molar-refractivity contribution in [2.75, 3.05) is 7.11 Å². The second-order valence-electron chi connectivity index (χ2n) is 6.77. The monoisotopic (exact) mass is 451 g/mol. The van der Waals surface area contributed by atoms with Gasteiger partial charge in [-0.05, 0) is 42.1 Å². The first kappa shape index (κ1) is 19.3. The summed E-state index contributed by atoms with van der Waals surface area (Å²) in [6.07, 6.45) is 0. The Kier molecular flexibility index (Phi) is 5.06. The molecule has 0 radical (unpaired) electrons. The molecule has 5 nitrogen and oxygen atoms in total. The molecule has 0 aliphatic rings. The lowest BCUT2D eigenvalue weighted by Crippen LogP contribution is -2.10. The Bertz CT molecular complexity index is 1420. The zero-order valence-electron chi connectivity index (χ0n) is 16.3. The highest BCUT2D eigenvalue weighted by atomic mass is 32.2. The maximum Gasteiger partial charge on any atom is 0.260 e. The number of thiophene rings is 2. The molecule has 0 bridgehead atoms. The second kappa shape index (κ2) is 7.86. The van der Waals surface area contributed by atoms with Gasteiger partial charge in [-0.25, -0.2) is 9.97 Å². The van der Waals surface area contributed by atoms with Gasteiger partial charge in [0.05, 0.1) is 28.8 Å². The maximum absolute atomic E-state index is 12.8. The second-order valence-corrected chi connectivity index (χ2v) is 9.57. The molecule has 0 unspecified atom stereocenters.